The van der Waals surface area contributed by atoms with Crippen LogP contribution in [-0.2, 0) is 0 Å². The fourth-order valence-corrected chi connectivity index (χ4v) is 1.39. The Labute approximate surface area is 89.8 Å². The van der Waals surface area contributed by atoms with Gasteiger partial charge in [0.15, 0.2) is 0 Å². The highest BCUT2D eigenvalue weighted by Gasteiger charge is 2.24. The van der Waals surface area contributed by atoms with Crippen molar-refractivity contribution in [2.24, 2.45) is 5.73 Å². The zero-order chi connectivity index (χ0) is 11.3. The molecule has 4 heteroatoms. The first kappa shape index (κ1) is 11.8. The number of nitrogens with one attached hydrogen (secondary N) is 1. The molecule has 0 radical (unpaired) electrons. The summed E-state index contributed by atoms with van der Waals surface area (Å²) in [6, 6.07) is 1.65. The van der Waals surface area contributed by atoms with Gasteiger partial charge in [0.25, 0.3) is 5.91 Å². The lowest BCUT2D eigenvalue weighted by atomic mass is 9.94. The minimum Gasteiger partial charge on any atom is -0.472 e. The Balaban J connectivity index is 2.63. The molecule has 0 aliphatic carbocycles. The number of carbonyl (C=O) groups excluding carboxylic acids is 1. The van der Waals surface area contributed by atoms with E-state index in [-0.39, 0.29) is 11.4 Å². The summed E-state index contributed by atoms with van der Waals surface area (Å²) < 4.78 is 4.86. The van der Waals surface area contributed by atoms with Gasteiger partial charge in [-0.05, 0) is 32.4 Å². The first-order valence-corrected chi connectivity index (χ1v) is 5.16. The highest BCUT2D eigenvalue weighted by Crippen LogP contribution is 2.14. The second-order valence-corrected chi connectivity index (χ2v) is 3.92. The molecule has 15 heavy (non-hydrogen) atoms. The average Bonchev–Trinajstić information content (AvgIpc) is 2.71. The number of hydrogen-bond donors (Lipinski definition) is 2. The van der Waals surface area contributed by atoms with Gasteiger partial charge >= 0.3 is 0 Å². The maximum absolute atomic E-state index is 11.7. The lowest BCUT2D eigenvalue weighted by Gasteiger charge is -2.28. The van der Waals surface area contributed by atoms with Gasteiger partial charge in [0.05, 0.1) is 11.8 Å². The third-order valence-electron chi connectivity index (χ3n) is 2.68. The molecule has 1 heterocycles. The Bertz CT molecular complexity index is 308. The third kappa shape index (κ3) is 3.09. The largest absolute Gasteiger partial charge is 0.472 e. The van der Waals surface area contributed by atoms with Crippen LogP contribution in [-0.4, -0.2) is 18.0 Å². The van der Waals surface area contributed by atoms with E-state index in [1.165, 1.54) is 12.5 Å². The molecule has 1 aromatic rings. The summed E-state index contributed by atoms with van der Waals surface area (Å²) in [5.41, 5.74) is 5.83. The Kier molecular flexibility index (Phi) is 3.91. The lowest BCUT2D eigenvalue weighted by molar-refractivity contribution is 0.0899. The van der Waals surface area contributed by atoms with Crippen LogP contribution in [0, 0.1) is 0 Å². The highest BCUT2D eigenvalue weighted by molar-refractivity contribution is 5.94. The molecule has 0 aliphatic rings. The van der Waals surface area contributed by atoms with Crippen LogP contribution in [0.3, 0.4) is 0 Å². The molecule has 3 N–H and O–H groups in total. The van der Waals surface area contributed by atoms with E-state index >= 15 is 0 Å². The Morgan fingerprint density at radius 1 is 1.67 bits per heavy atom. The van der Waals surface area contributed by atoms with Crippen LogP contribution >= 0.6 is 0 Å². The number of nitrogens with two attached hydrogens (primary N) is 1. The van der Waals surface area contributed by atoms with Crippen molar-refractivity contribution in [2.75, 3.05) is 6.54 Å². The summed E-state index contributed by atoms with van der Waals surface area (Å²) in [4.78, 5) is 11.7. The molecule has 0 saturated heterocycles. The number of hydrogen-bond acceptors (Lipinski definition) is 3. The second kappa shape index (κ2) is 4.98. The predicted molar refractivity (Wildman–Crippen MR) is 58.5 cm³/mol. The van der Waals surface area contributed by atoms with E-state index in [2.05, 4.69) is 5.32 Å². The first-order chi connectivity index (χ1) is 7.11. The topological polar surface area (TPSA) is 68.3 Å². The van der Waals surface area contributed by atoms with Gasteiger partial charge in [0, 0.05) is 5.54 Å². The summed E-state index contributed by atoms with van der Waals surface area (Å²) in [7, 11) is 0. The van der Waals surface area contributed by atoms with Crippen LogP contribution in [0.2, 0.25) is 0 Å². The van der Waals surface area contributed by atoms with Crippen LogP contribution in [0.5, 0.6) is 0 Å². The van der Waals surface area contributed by atoms with Crippen molar-refractivity contribution in [3.05, 3.63) is 24.2 Å². The molecule has 1 rings (SSSR count). The Morgan fingerprint density at radius 3 is 2.87 bits per heavy atom. The normalized spacial score (nSPS) is 14.6. The molecular weight excluding hydrogens is 192 g/mol. The lowest BCUT2D eigenvalue weighted by Crippen LogP contribution is -2.46. The van der Waals surface area contributed by atoms with Gasteiger partial charge in [-0.3, -0.25) is 4.79 Å². The van der Waals surface area contributed by atoms with E-state index in [1.54, 1.807) is 6.07 Å². The van der Waals surface area contributed by atoms with Crippen LogP contribution in [0.4, 0.5) is 0 Å². The first-order valence-electron chi connectivity index (χ1n) is 5.16. The fourth-order valence-electron chi connectivity index (χ4n) is 1.39. The van der Waals surface area contributed by atoms with Crippen molar-refractivity contribution in [3.8, 4) is 0 Å². The second-order valence-electron chi connectivity index (χ2n) is 3.92. The minimum absolute atomic E-state index is 0.110. The molecule has 4 nitrogen and oxygen atoms in total. The summed E-state index contributed by atoms with van der Waals surface area (Å²) >= 11 is 0. The van der Waals surface area contributed by atoms with Gasteiger partial charge in [-0.15, -0.1) is 0 Å². The molecular formula is C11H18N2O2. The van der Waals surface area contributed by atoms with Gasteiger partial charge in [-0.1, -0.05) is 6.92 Å². The zero-order valence-corrected chi connectivity index (χ0v) is 9.25. The Hall–Kier alpha value is -1.29. The molecule has 1 amide bonds. The molecule has 0 spiro atoms. The van der Waals surface area contributed by atoms with Gasteiger partial charge in [-0.2, -0.15) is 0 Å². The van der Waals surface area contributed by atoms with Gasteiger partial charge in [0.1, 0.15) is 6.26 Å². The molecule has 0 saturated carbocycles. The third-order valence-corrected chi connectivity index (χ3v) is 2.68. The molecule has 0 aromatic carbocycles. The van der Waals surface area contributed by atoms with Gasteiger partial charge in [0.2, 0.25) is 0 Å². The Morgan fingerprint density at radius 2 is 2.40 bits per heavy atom. The average molecular weight is 210 g/mol. The molecule has 0 fully saturated rings. The standard InChI is InChI=1S/C11H18N2O2/c1-3-11(2,5-6-12)13-10(14)9-4-7-15-8-9/h4,7-8H,3,5-6,12H2,1-2H3,(H,13,14). The van der Waals surface area contributed by atoms with Crippen molar-refractivity contribution in [2.45, 2.75) is 32.2 Å². The quantitative estimate of drug-likeness (QED) is 0.774. The zero-order valence-electron chi connectivity index (χ0n) is 9.25. The molecule has 0 bridgehead atoms. The summed E-state index contributed by atoms with van der Waals surface area (Å²) in [6.07, 6.45) is 4.55. The number of rotatable bonds is 5. The van der Waals surface area contributed by atoms with E-state index in [1.807, 2.05) is 13.8 Å². The summed E-state index contributed by atoms with van der Waals surface area (Å²) in [5, 5.41) is 2.97. The SMILES string of the molecule is CCC(C)(CCN)NC(=O)c1ccoc1. The highest BCUT2D eigenvalue weighted by atomic mass is 16.3. The van der Waals surface area contributed by atoms with Crippen molar-refractivity contribution in [1.29, 1.82) is 0 Å². The number of furan rings is 1. The summed E-state index contributed by atoms with van der Waals surface area (Å²) in [5.74, 6) is -0.110. The number of amides is 1. The molecule has 1 unspecified atom stereocenters. The van der Waals surface area contributed by atoms with Gasteiger partial charge in [-0.25, -0.2) is 0 Å². The minimum atomic E-state index is -0.233. The molecule has 0 aliphatic heterocycles. The van der Waals surface area contributed by atoms with Crippen molar-refractivity contribution in [1.82, 2.24) is 5.32 Å². The van der Waals surface area contributed by atoms with Crippen LogP contribution in [0.1, 0.15) is 37.0 Å². The van der Waals surface area contributed by atoms with Crippen LogP contribution in [0.25, 0.3) is 0 Å². The van der Waals surface area contributed by atoms with Crippen LogP contribution in [0.15, 0.2) is 23.0 Å². The maximum Gasteiger partial charge on any atom is 0.254 e. The van der Waals surface area contributed by atoms with E-state index in [4.69, 9.17) is 10.2 Å². The van der Waals surface area contributed by atoms with Crippen molar-refractivity contribution >= 4 is 5.91 Å². The fraction of sp³-hybridized carbons (Fsp3) is 0.545. The number of carbonyl (C=O) groups is 1. The van der Waals surface area contributed by atoms with Crippen LogP contribution < -0.4 is 11.1 Å². The summed E-state index contributed by atoms with van der Waals surface area (Å²) in [6.45, 7) is 4.60. The maximum atomic E-state index is 11.7. The molecule has 84 valence electrons. The monoisotopic (exact) mass is 210 g/mol. The van der Waals surface area contributed by atoms with E-state index in [0.717, 1.165) is 12.8 Å². The van der Waals surface area contributed by atoms with E-state index < -0.39 is 0 Å². The van der Waals surface area contributed by atoms with Crippen molar-refractivity contribution < 1.29 is 9.21 Å². The van der Waals surface area contributed by atoms with E-state index in [0.29, 0.717) is 12.1 Å². The van der Waals surface area contributed by atoms with Crippen molar-refractivity contribution in [3.63, 3.8) is 0 Å². The molecule has 1 aromatic heterocycles. The predicted octanol–water partition coefficient (Wildman–Crippen LogP) is 1.53. The smallest absolute Gasteiger partial charge is 0.254 e. The molecule has 1 atom stereocenters. The van der Waals surface area contributed by atoms with Gasteiger partial charge < -0.3 is 15.5 Å². The van der Waals surface area contributed by atoms with E-state index in [9.17, 15) is 4.79 Å².